The van der Waals surface area contributed by atoms with Crippen molar-refractivity contribution in [2.75, 3.05) is 23.3 Å². The molecule has 1 amide bonds. The maximum absolute atomic E-state index is 11.8. The zero-order chi connectivity index (χ0) is 19.9. The van der Waals surface area contributed by atoms with E-state index in [0.717, 1.165) is 43.9 Å². The predicted octanol–water partition coefficient (Wildman–Crippen LogP) is 4.60. The van der Waals surface area contributed by atoms with Crippen molar-refractivity contribution in [3.63, 3.8) is 0 Å². The molecule has 1 atom stereocenters. The summed E-state index contributed by atoms with van der Waals surface area (Å²) in [7, 11) is 0. The highest BCUT2D eigenvalue weighted by Gasteiger charge is 2.18. The normalized spacial score (nSPS) is 15.3. The number of nitrogens with zero attached hydrogens (tertiary/aromatic N) is 3. The molecule has 28 heavy (non-hydrogen) atoms. The Hall–Kier alpha value is -2.63. The molecular formula is C22H31N5O. The molecule has 0 saturated carbocycles. The molecule has 0 radical (unpaired) electrons. The minimum absolute atomic E-state index is 0.169. The van der Waals surface area contributed by atoms with Gasteiger partial charge in [-0.3, -0.25) is 4.79 Å². The average Bonchev–Trinajstić information content (AvgIpc) is 2.73. The zero-order valence-electron chi connectivity index (χ0n) is 16.9. The Morgan fingerprint density at radius 3 is 2.50 bits per heavy atom. The standard InChI is InChI=1S/C22H31N5O/c1-3-8-16(4-2)17-9-11-18(12-10-17)25-22-20(21(23)28)24-15-19(26-22)27-13-6-5-7-14-27/h9-12,15-16H,3-8,13-14H2,1-2H3,(H2,23,28)(H,25,26). The van der Waals surface area contributed by atoms with Gasteiger partial charge in [-0.25, -0.2) is 9.97 Å². The summed E-state index contributed by atoms with van der Waals surface area (Å²) in [5, 5.41) is 3.25. The van der Waals surface area contributed by atoms with E-state index in [4.69, 9.17) is 5.73 Å². The number of piperidine rings is 1. The minimum atomic E-state index is -0.578. The lowest BCUT2D eigenvalue weighted by atomic mass is 9.92. The Balaban J connectivity index is 1.82. The number of hydrogen-bond donors (Lipinski definition) is 2. The first-order valence-electron chi connectivity index (χ1n) is 10.4. The summed E-state index contributed by atoms with van der Waals surface area (Å²) in [6.07, 6.45) is 8.71. The Kier molecular flexibility index (Phi) is 6.85. The van der Waals surface area contributed by atoms with Gasteiger partial charge in [0.25, 0.3) is 5.91 Å². The van der Waals surface area contributed by atoms with Crippen LogP contribution < -0.4 is 16.0 Å². The van der Waals surface area contributed by atoms with E-state index in [9.17, 15) is 4.79 Å². The molecule has 1 fully saturated rings. The molecule has 1 aromatic carbocycles. The summed E-state index contributed by atoms with van der Waals surface area (Å²) in [5.74, 6) is 1.22. The zero-order valence-corrected chi connectivity index (χ0v) is 16.9. The maximum Gasteiger partial charge on any atom is 0.271 e. The molecule has 1 aliphatic rings. The van der Waals surface area contributed by atoms with Gasteiger partial charge in [-0.2, -0.15) is 0 Å². The number of amides is 1. The van der Waals surface area contributed by atoms with Crippen LogP contribution in [-0.4, -0.2) is 29.0 Å². The molecule has 2 aromatic rings. The first kappa shape index (κ1) is 20.1. The summed E-state index contributed by atoms with van der Waals surface area (Å²) in [5.41, 5.74) is 7.91. The number of nitrogens with two attached hydrogens (primary N) is 1. The van der Waals surface area contributed by atoms with Gasteiger partial charge < -0.3 is 16.0 Å². The molecule has 6 heteroatoms. The molecule has 150 valence electrons. The summed E-state index contributed by atoms with van der Waals surface area (Å²) in [6, 6.07) is 8.37. The first-order valence-corrected chi connectivity index (χ1v) is 10.4. The van der Waals surface area contributed by atoms with Gasteiger partial charge in [-0.15, -0.1) is 0 Å². The fraction of sp³-hybridized carbons (Fsp3) is 0.500. The molecule has 1 saturated heterocycles. The van der Waals surface area contributed by atoms with E-state index >= 15 is 0 Å². The van der Waals surface area contributed by atoms with E-state index in [0.29, 0.717) is 11.7 Å². The third kappa shape index (κ3) is 4.80. The second-order valence-electron chi connectivity index (χ2n) is 7.48. The van der Waals surface area contributed by atoms with Crippen molar-refractivity contribution in [2.24, 2.45) is 5.73 Å². The number of hydrogen-bond acceptors (Lipinski definition) is 5. The van der Waals surface area contributed by atoms with E-state index in [1.807, 2.05) is 12.1 Å². The molecule has 1 unspecified atom stereocenters. The van der Waals surface area contributed by atoms with Crippen LogP contribution in [-0.2, 0) is 0 Å². The van der Waals surface area contributed by atoms with Crippen molar-refractivity contribution in [2.45, 2.75) is 58.3 Å². The van der Waals surface area contributed by atoms with E-state index < -0.39 is 5.91 Å². The Morgan fingerprint density at radius 1 is 1.18 bits per heavy atom. The lowest BCUT2D eigenvalue weighted by Gasteiger charge is -2.27. The molecule has 3 rings (SSSR count). The van der Waals surface area contributed by atoms with Crippen molar-refractivity contribution >= 4 is 23.2 Å². The highest BCUT2D eigenvalue weighted by atomic mass is 16.1. The quantitative estimate of drug-likeness (QED) is 0.698. The number of benzene rings is 1. The van der Waals surface area contributed by atoms with Gasteiger partial charge in [-0.1, -0.05) is 32.4 Å². The molecule has 1 aromatic heterocycles. The van der Waals surface area contributed by atoms with Gasteiger partial charge >= 0.3 is 0 Å². The number of anilines is 3. The number of primary amides is 1. The fourth-order valence-electron chi connectivity index (χ4n) is 3.85. The maximum atomic E-state index is 11.8. The highest BCUT2D eigenvalue weighted by molar-refractivity contribution is 5.96. The van der Waals surface area contributed by atoms with Gasteiger partial charge in [0.15, 0.2) is 11.5 Å². The van der Waals surface area contributed by atoms with Crippen LogP contribution >= 0.6 is 0 Å². The molecule has 0 spiro atoms. The van der Waals surface area contributed by atoms with Crippen molar-refractivity contribution in [3.8, 4) is 0 Å². The summed E-state index contributed by atoms with van der Waals surface area (Å²) in [4.78, 5) is 23.0. The third-order valence-electron chi connectivity index (χ3n) is 5.45. The second kappa shape index (κ2) is 9.53. The van der Waals surface area contributed by atoms with Crippen LogP contribution in [0.25, 0.3) is 0 Å². The van der Waals surface area contributed by atoms with Crippen LogP contribution in [0.5, 0.6) is 0 Å². The molecule has 6 nitrogen and oxygen atoms in total. The largest absolute Gasteiger partial charge is 0.364 e. The van der Waals surface area contributed by atoms with Gasteiger partial charge in [0.1, 0.15) is 5.82 Å². The molecule has 2 heterocycles. The molecule has 0 aliphatic carbocycles. The Bertz CT molecular complexity index is 784. The monoisotopic (exact) mass is 381 g/mol. The lowest BCUT2D eigenvalue weighted by molar-refractivity contribution is 0.0996. The van der Waals surface area contributed by atoms with E-state index in [1.54, 1.807) is 6.20 Å². The van der Waals surface area contributed by atoms with Gasteiger partial charge in [-0.05, 0) is 55.7 Å². The molecule has 0 bridgehead atoms. The molecular weight excluding hydrogens is 350 g/mol. The molecule has 1 aliphatic heterocycles. The number of rotatable bonds is 8. The van der Waals surface area contributed by atoms with Crippen molar-refractivity contribution in [1.29, 1.82) is 0 Å². The minimum Gasteiger partial charge on any atom is -0.364 e. The molecule has 3 N–H and O–H groups in total. The van der Waals surface area contributed by atoms with Crippen LogP contribution in [0.15, 0.2) is 30.5 Å². The Morgan fingerprint density at radius 2 is 1.89 bits per heavy atom. The lowest BCUT2D eigenvalue weighted by Crippen LogP contribution is -2.31. The van der Waals surface area contributed by atoms with Crippen LogP contribution in [0.1, 0.15) is 74.3 Å². The van der Waals surface area contributed by atoms with Gasteiger partial charge in [0.2, 0.25) is 0 Å². The van der Waals surface area contributed by atoms with E-state index in [-0.39, 0.29) is 5.69 Å². The third-order valence-corrected chi connectivity index (χ3v) is 5.45. The van der Waals surface area contributed by atoms with Crippen molar-refractivity contribution in [3.05, 3.63) is 41.7 Å². The van der Waals surface area contributed by atoms with Crippen molar-refractivity contribution in [1.82, 2.24) is 9.97 Å². The van der Waals surface area contributed by atoms with Gasteiger partial charge in [0.05, 0.1) is 6.20 Å². The summed E-state index contributed by atoms with van der Waals surface area (Å²) >= 11 is 0. The smallest absolute Gasteiger partial charge is 0.271 e. The predicted molar refractivity (Wildman–Crippen MR) is 114 cm³/mol. The topological polar surface area (TPSA) is 84.1 Å². The summed E-state index contributed by atoms with van der Waals surface area (Å²) in [6.45, 7) is 6.38. The number of carbonyl (C=O) groups excluding carboxylic acids is 1. The van der Waals surface area contributed by atoms with E-state index in [1.165, 1.54) is 24.8 Å². The van der Waals surface area contributed by atoms with Crippen LogP contribution in [0.4, 0.5) is 17.3 Å². The van der Waals surface area contributed by atoms with Crippen LogP contribution in [0.3, 0.4) is 0 Å². The number of aromatic nitrogens is 2. The number of nitrogens with one attached hydrogen (secondary N) is 1. The average molecular weight is 382 g/mol. The SMILES string of the molecule is CCCC(CC)c1ccc(Nc2nc(N3CCCCC3)cnc2C(N)=O)cc1. The van der Waals surface area contributed by atoms with Crippen LogP contribution in [0, 0.1) is 0 Å². The van der Waals surface area contributed by atoms with Crippen LogP contribution in [0.2, 0.25) is 0 Å². The summed E-state index contributed by atoms with van der Waals surface area (Å²) < 4.78 is 0. The number of carbonyl (C=O) groups is 1. The highest BCUT2D eigenvalue weighted by Crippen LogP contribution is 2.27. The van der Waals surface area contributed by atoms with Gasteiger partial charge in [0, 0.05) is 18.8 Å². The van der Waals surface area contributed by atoms with Crippen molar-refractivity contribution < 1.29 is 4.79 Å². The fourth-order valence-corrected chi connectivity index (χ4v) is 3.85. The van der Waals surface area contributed by atoms with E-state index in [2.05, 4.69) is 46.2 Å². The second-order valence-corrected chi connectivity index (χ2v) is 7.48. The first-order chi connectivity index (χ1) is 13.6. The Labute approximate surface area is 167 Å².